The summed E-state index contributed by atoms with van der Waals surface area (Å²) >= 11 is 0. The van der Waals surface area contributed by atoms with E-state index in [1.54, 1.807) is 0 Å². The molecule has 58 valence electrons. The second-order valence-corrected chi connectivity index (χ2v) is 2.36. The van der Waals surface area contributed by atoms with Crippen molar-refractivity contribution in [2.24, 2.45) is 10.7 Å². The lowest BCUT2D eigenvalue weighted by Crippen LogP contribution is -2.15. The lowest BCUT2D eigenvalue weighted by Gasteiger charge is -2.00. The van der Waals surface area contributed by atoms with E-state index in [0.717, 1.165) is 5.71 Å². The van der Waals surface area contributed by atoms with Gasteiger partial charge in [0.2, 0.25) is 0 Å². The van der Waals surface area contributed by atoms with E-state index >= 15 is 0 Å². The lowest BCUT2D eigenvalue weighted by molar-refractivity contribution is 0.755. The summed E-state index contributed by atoms with van der Waals surface area (Å²) in [5, 5.41) is 0. The Morgan fingerprint density at radius 2 is 2.30 bits per heavy atom. The molecule has 1 atom stereocenters. The molecule has 0 spiro atoms. The zero-order valence-electron chi connectivity index (χ0n) is 6.96. The van der Waals surface area contributed by atoms with Crippen LogP contribution in [0.25, 0.3) is 0 Å². The number of hydrogen-bond acceptors (Lipinski definition) is 2. The van der Waals surface area contributed by atoms with Crippen molar-refractivity contribution >= 4 is 5.71 Å². The molecular weight excluding hydrogens is 124 g/mol. The van der Waals surface area contributed by atoms with Gasteiger partial charge in [-0.2, -0.15) is 0 Å². The fourth-order valence-corrected chi connectivity index (χ4v) is 0.685. The first kappa shape index (κ1) is 9.37. The van der Waals surface area contributed by atoms with Gasteiger partial charge in [0.05, 0.1) is 6.04 Å². The molecule has 2 heteroatoms. The standard InChI is InChI=1S/C8H16N2/c1-4-5-7(2)10-8(3)6-9/h4-5,8H,6,9H2,1-3H3/b5-4-,10-7-. The monoisotopic (exact) mass is 140 g/mol. The van der Waals surface area contributed by atoms with Gasteiger partial charge in [-0.3, -0.25) is 4.99 Å². The van der Waals surface area contributed by atoms with Crippen molar-refractivity contribution in [2.45, 2.75) is 26.8 Å². The van der Waals surface area contributed by atoms with Gasteiger partial charge >= 0.3 is 0 Å². The average Bonchev–Trinajstić information content (AvgIpc) is 1.88. The predicted molar refractivity (Wildman–Crippen MR) is 46.4 cm³/mol. The third-order valence-electron chi connectivity index (χ3n) is 1.17. The van der Waals surface area contributed by atoms with Crippen LogP contribution in [0.2, 0.25) is 0 Å². The molecule has 0 aromatic rings. The van der Waals surface area contributed by atoms with Crippen LogP contribution >= 0.6 is 0 Å². The molecular formula is C8H16N2. The number of nitrogens with zero attached hydrogens (tertiary/aromatic N) is 1. The number of allylic oxidation sites excluding steroid dienone is 2. The number of nitrogens with two attached hydrogens (primary N) is 1. The van der Waals surface area contributed by atoms with Gasteiger partial charge in [-0.1, -0.05) is 6.08 Å². The molecule has 1 unspecified atom stereocenters. The van der Waals surface area contributed by atoms with Gasteiger partial charge < -0.3 is 5.73 Å². The maximum atomic E-state index is 5.39. The molecule has 2 nitrogen and oxygen atoms in total. The smallest absolute Gasteiger partial charge is 0.0596 e. The summed E-state index contributed by atoms with van der Waals surface area (Å²) in [5.74, 6) is 0. The van der Waals surface area contributed by atoms with Crippen LogP contribution in [0.1, 0.15) is 20.8 Å². The Bertz CT molecular complexity index is 136. The van der Waals surface area contributed by atoms with Crippen LogP contribution in [-0.2, 0) is 0 Å². The van der Waals surface area contributed by atoms with Gasteiger partial charge in [-0.15, -0.1) is 0 Å². The van der Waals surface area contributed by atoms with Crippen LogP contribution in [-0.4, -0.2) is 18.3 Å². The van der Waals surface area contributed by atoms with Crippen LogP contribution < -0.4 is 5.73 Å². The molecule has 0 radical (unpaired) electrons. The van der Waals surface area contributed by atoms with Gasteiger partial charge in [0.15, 0.2) is 0 Å². The summed E-state index contributed by atoms with van der Waals surface area (Å²) < 4.78 is 0. The minimum Gasteiger partial charge on any atom is -0.328 e. The zero-order valence-corrected chi connectivity index (χ0v) is 6.96. The Kier molecular flexibility index (Phi) is 4.85. The molecule has 0 saturated heterocycles. The Labute approximate surface area is 62.8 Å². The highest BCUT2D eigenvalue weighted by molar-refractivity contribution is 5.92. The lowest BCUT2D eigenvalue weighted by atomic mass is 10.3. The van der Waals surface area contributed by atoms with Crippen molar-refractivity contribution in [3.8, 4) is 0 Å². The molecule has 0 saturated carbocycles. The highest BCUT2D eigenvalue weighted by Crippen LogP contribution is 1.88. The van der Waals surface area contributed by atoms with Crippen molar-refractivity contribution in [2.75, 3.05) is 6.54 Å². The second-order valence-electron chi connectivity index (χ2n) is 2.36. The van der Waals surface area contributed by atoms with Crippen LogP contribution in [0.15, 0.2) is 17.1 Å². The number of hydrogen-bond donors (Lipinski definition) is 1. The van der Waals surface area contributed by atoms with Gasteiger partial charge in [0.1, 0.15) is 0 Å². The third kappa shape index (κ3) is 4.27. The number of aliphatic imine (C=N–C) groups is 1. The molecule has 0 aromatic carbocycles. The topological polar surface area (TPSA) is 38.4 Å². The normalized spacial score (nSPS) is 16.2. The van der Waals surface area contributed by atoms with Crippen LogP contribution in [0.5, 0.6) is 0 Å². The number of rotatable bonds is 3. The van der Waals surface area contributed by atoms with Crippen LogP contribution in [0.3, 0.4) is 0 Å². The fraction of sp³-hybridized carbons (Fsp3) is 0.625. The summed E-state index contributed by atoms with van der Waals surface area (Å²) in [5.41, 5.74) is 6.43. The summed E-state index contributed by atoms with van der Waals surface area (Å²) in [6.07, 6.45) is 3.95. The van der Waals surface area contributed by atoms with Crippen LogP contribution in [0.4, 0.5) is 0 Å². The predicted octanol–water partition coefficient (Wildman–Crippen LogP) is 1.37. The molecule has 0 heterocycles. The van der Waals surface area contributed by atoms with E-state index in [1.165, 1.54) is 0 Å². The Balaban J connectivity index is 3.89. The van der Waals surface area contributed by atoms with Crippen molar-refractivity contribution in [3.63, 3.8) is 0 Å². The average molecular weight is 140 g/mol. The maximum Gasteiger partial charge on any atom is 0.0596 e. The Morgan fingerprint density at radius 1 is 1.70 bits per heavy atom. The first-order chi connectivity index (χ1) is 4.70. The molecule has 0 aliphatic carbocycles. The van der Waals surface area contributed by atoms with E-state index in [1.807, 2.05) is 32.9 Å². The van der Waals surface area contributed by atoms with Crippen molar-refractivity contribution in [1.29, 1.82) is 0 Å². The van der Waals surface area contributed by atoms with E-state index in [9.17, 15) is 0 Å². The quantitative estimate of drug-likeness (QED) is 0.591. The molecule has 2 N–H and O–H groups in total. The summed E-state index contributed by atoms with van der Waals surface area (Å²) in [4.78, 5) is 4.29. The molecule has 0 aliphatic heterocycles. The van der Waals surface area contributed by atoms with Gasteiger partial charge in [-0.25, -0.2) is 0 Å². The second kappa shape index (κ2) is 5.18. The van der Waals surface area contributed by atoms with E-state index in [0.29, 0.717) is 6.54 Å². The van der Waals surface area contributed by atoms with Gasteiger partial charge in [0.25, 0.3) is 0 Å². The zero-order chi connectivity index (χ0) is 7.98. The SMILES string of the molecule is C/C=C\C(C)=N/C(C)CN. The molecule has 0 aromatic heterocycles. The summed E-state index contributed by atoms with van der Waals surface area (Å²) in [6.45, 7) is 6.58. The fourth-order valence-electron chi connectivity index (χ4n) is 0.685. The third-order valence-corrected chi connectivity index (χ3v) is 1.17. The molecule has 10 heavy (non-hydrogen) atoms. The van der Waals surface area contributed by atoms with E-state index in [4.69, 9.17) is 5.73 Å². The van der Waals surface area contributed by atoms with Crippen LogP contribution in [0, 0.1) is 0 Å². The molecule has 0 aliphatic rings. The summed E-state index contributed by atoms with van der Waals surface area (Å²) in [7, 11) is 0. The molecule has 0 fully saturated rings. The first-order valence-corrected chi connectivity index (χ1v) is 3.58. The molecule has 0 rings (SSSR count). The van der Waals surface area contributed by atoms with E-state index < -0.39 is 0 Å². The van der Waals surface area contributed by atoms with Crippen molar-refractivity contribution in [3.05, 3.63) is 12.2 Å². The molecule has 0 bridgehead atoms. The largest absolute Gasteiger partial charge is 0.328 e. The van der Waals surface area contributed by atoms with E-state index in [2.05, 4.69) is 4.99 Å². The minimum absolute atomic E-state index is 0.246. The maximum absolute atomic E-state index is 5.39. The highest BCUT2D eigenvalue weighted by Gasteiger charge is 1.92. The van der Waals surface area contributed by atoms with Crippen molar-refractivity contribution < 1.29 is 0 Å². The van der Waals surface area contributed by atoms with Gasteiger partial charge in [-0.05, 0) is 26.8 Å². The Morgan fingerprint density at radius 3 is 2.70 bits per heavy atom. The van der Waals surface area contributed by atoms with E-state index in [-0.39, 0.29) is 6.04 Å². The Hall–Kier alpha value is -0.630. The van der Waals surface area contributed by atoms with Crippen molar-refractivity contribution in [1.82, 2.24) is 0 Å². The molecule has 0 amide bonds. The highest BCUT2D eigenvalue weighted by atomic mass is 14.8. The van der Waals surface area contributed by atoms with Gasteiger partial charge in [0, 0.05) is 12.3 Å². The minimum atomic E-state index is 0.246. The first-order valence-electron chi connectivity index (χ1n) is 3.58. The summed E-state index contributed by atoms with van der Waals surface area (Å²) in [6, 6.07) is 0.246.